The van der Waals surface area contributed by atoms with Crippen LogP contribution in [0.3, 0.4) is 0 Å². The molecule has 1 atom stereocenters. The first-order chi connectivity index (χ1) is 15.3. The van der Waals surface area contributed by atoms with Crippen LogP contribution in [0.2, 0.25) is 0 Å². The van der Waals surface area contributed by atoms with Crippen molar-refractivity contribution in [2.75, 3.05) is 23.3 Å². The molecule has 9 heteroatoms. The van der Waals surface area contributed by atoms with Crippen LogP contribution < -0.4 is 19.1 Å². The van der Waals surface area contributed by atoms with Gasteiger partial charge in [0, 0.05) is 5.69 Å². The number of ether oxygens (including phenoxy) is 2. The quantitative estimate of drug-likeness (QED) is 0.632. The summed E-state index contributed by atoms with van der Waals surface area (Å²) >= 11 is 0. The number of nitrogens with zero attached hydrogens (tertiary/aromatic N) is 1. The number of sulfonamides is 1. The van der Waals surface area contributed by atoms with E-state index in [2.05, 4.69) is 5.32 Å². The number of rotatable bonds is 5. The number of halogens is 1. The van der Waals surface area contributed by atoms with Crippen molar-refractivity contribution < 1.29 is 27.1 Å². The van der Waals surface area contributed by atoms with Crippen LogP contribution in [0.15, 0.2) is 71.6 Å². The lowest BCUT2D eigenvalue weighted by atomic mass is 10.1. The van der Waals surface area contributed by atoms with Gasteiger partial charge in [-0.2, -0.15) is 0 Å². The largest absolute Gasteiger partial charge is 0.497 e. The van der Waals surface area contributed by atoms with E-state index in [1.165, 1.54) is 47.8 Å². The van der Waals surface area contributed by atoms with E-state index < -0.39 is 27.9 Å². The molecule has 3 aromatic carbocycles. The summed E-state index contributed by atoms with van der Waals surface area (Å²) in [6.45, 7) is 1.62. The predicted octanol–water partition coefficient (Wildman–Crippen LogP) is 3.74. The second-order valence-electron chi connectivity index (χ2n) is 7.29. The number of carbonyl (C=O) groups excluding carboxylic acids is 1. The molecule has 4 rings (SSSR count). The summed E-state index contributed by atoms with van der Waals surface area (Å²) in [5.41, 5.74) is 1.57. The number of anilines is 2. The maximum atomic E-state index is 13.5. The second-order valence-corrected chi connectivity index (χ2v) is 9.15. The molecule has 0 bridgehead atoms. The smallest absolute Gasteiger partial charge is 0.267 e. The molecule has 0 fully saturated rings. The van der Waals surface area contributed by atoms with Gasteiger partial charge in [-0.05, 0) is 73.2 Å². The zero-order valence-electron chi connectivity index (χ0n) is 17.4. The van der Waals surface area contributed by atoms with Gasteiger partial charge in [-0.25, -0.2) is 12.8 Å². The summed E-state index contributed by atoms with van der Waals surface area (Å²) in [7, 11) is -2.50. The van der Waals surface area contributed by atoms with Crippen LogP contribution >= 0.6 is 0 Å². The van der Waals surface area contributed by atoms with Crippen LogP contribution in [0.25, 0.3) is 0 Å². The Kier molecular flexibility index (Phi) is 5.75. The van der Waals surface area contributed by atoms with E-state index in [4.69, 9.17) is 9.47 Å². The fraction of sp³-hybridized carbons (Fsp3) is 0.174. The highest BCUT2D eigenvalue weighted by Crippen LogP contribution is 2.38. The Morgan fingerprint density at radius 2 is 1.78 bits per heavy atom. The normalized spacial score (nSPS) is 15.5. The summed E-state index contributed by atoms with van der Waals surface area (Å²) < 4.78 is 52.2. The van der Waals surface area contributed by atoms with Crippen LogP contribution in [0.4, 0.5) is 15.8 Å². The second kappa shape index (κ2) is 8.51. The zero-order valence-corrected chi connectivity index (χ0v) is 18.2. The van der Waals surface area contributed by atoms with Gasteiger partial charge in [0.2, 0.25) is 0 Å². The first-order valence-electron chi connectivity index (χ1n) is 9.78. The molecule has 1 amide bonds. The number of hydrogen-bond acceptors (Lipinski definition) is 5. The molecule has 32 heavy (non-hydrogen) atoms. The molecule has 0 spiro atoms. The Hall–Kier alpha value is -3.59. The molecule has 3 aromatic rings. The standard InChI is InChI=1S/C23H21FN2O5S/c1-15-3-12-20-21(13-15)31-22(23(27)25-17-6-4-16(24)5-7-17)14-26(20)32(28,29)19-10-8-18(30-2)9-11-19/h3-13,22H,14H2,1-2H3,(H,25,27)/t22-/m0/s1. The van der Waals surface area contributed by atoms with Crippen molar-refractivity contribution in [1.29, 1.82) is 0 Å². The summed E-state index contributed by atoms with van der Waals surface area (Å²) in [4.78, 5) is 12.9. The summed E-state index contributed by atoms with van der Waals surface area (Å²) in [6.07, 6.45) is -1.11. The maximum Gasteiger partial charge on any atom is 0.267 e. The van der Waals surface area contributed by atoms with Gasteiger partial charge in [0.1, 0.15) is 17.3 Å². The highest BCUT2D eigenvalue weighted by Gasteiger charge is 2.37. The molecule has 1 heterocycles. The molecular weight excluding hydrogens is 435 g/mol. The van der Waals surface area contributed by atoms with E-state index >= 15 is 0 Å². The van der Waals surface area contributed by atoms with Crippen molar-refractivity contribution >= 4 is 27.3 Å². The van der Waals surface area contributed by atoms with Crippen LogP contribution in [-0.4, -0.2) is 34.1 Å². The van der Waals surface area contributed by atoms with Crippen LogP contribution in [-0.2, 0) is 14.8 Å². The van der Waals surface area contributed by atoms with Crippen LogP contribution in [0, 0.1) is 12.7 Å². The number of aryl methyl sites for hydroxylation is 1. The number of benzene rings is 3. The molecule has 0 unspecified atom stereocenters. The molecule has 0 aromatic heterocycles. The number of carbonyl (C=O) groups is 1. The zero-order chi connectivity index (χ0) is 22.9. The molecule has 0 radical (unpaired) electrons. The number of amides is 1. The third kappa shape index (κ3) is 4.24. The maximum absolute atomic E-state index is 13.5. The van der Waals surface area contributed by atoms with Gasteiger partial charge in [0.25, 0.3) is 15.9 Å². The van der Waals surface area contributed by atoms with Crippen LogP contribution in [0.5, 0.6) is 11.5 Å². The van der Waals surface area contributed by atoms with Crippen molar-refractivity contribution in [3.05, 3.63) is 78.1 Å². The van der Waals surface area contributed by atoms with Crippen molar-refractivity contribution in [2.24, 2.45) is 0 Å². The Morgan fingerprint density at radius 3 is 2.44 bits per heavy atom. The lowest BCUT2D eigenvalue weighted by molar-refractivity contribution is -0.122. The number of fused-ring (bicyclic) bond motifs is 1. The number of nitrogens with one attached hydrogen (secondary N) is 1. The molecule has 0 saturated carbocycles. The molecule has 0 aliphatic carbocycles. The van der Waals surface area contributed by atoms with E-state index in [1.54, 1.807) is 30.3 Å². The average molecular weight is 456 g/mol. The minimum atomic E-state index is -3.99. The van der Waals surface area contributed by atoms with E-state index in [0.29, 0.717) is 17.1 Å². The summed E-state index contributed by atoms with van der Waals surface area (Å²) in [6, 6.07) is 16.4. The molecule has 0 saturated heterocycles. The third-order valence-electron chi connectivity index (χ3n) is 5.04. The number of hydrogen-bond donors (Lipinski definition) is 1. The SMILES string of the molecule is COc1ccc(S(=O)(=O)N2C[C@@H](C(=O)Nc3ccc(F)cc3)Oc3cc(C)ccc32)cc1. The highest BCUT2D eigenvalue weighted by molar-refractivity contribution is 7.92. The van der Waals surface area contributed by atoms with Gasteiger partial charge < -0.3 is 14.8 Å². The van der Waals surface area contributed by atoms with Gasteiger partial charge in [-0.15, -0.1) is 0 Å². The molecule has 1 aliphatic rings. The Bertz CT molecular complexity index is 1240. The highest BCUT2D eigenvalue weighted by atomic mass is 32.2. The minimum Gasteiger partial charge on any atom is -0.497 e. The molecule has 166 valence electrons. The van der Waals surface area contributed by atoms with Gasteiger partial charge >= 0.3 is 0 Å². The molecule has 1 N–H and O–H groups in total. The lowest BCUT2D eigenvalue weighted by Crippen LogP contribution is -2.48. The molecule has 1 aliphatic heterocycles. The molecular formula is C23H21FN2O5S. The van der Waals surface area contributed by atoms with E-state index in [1.807, 2.05) is 6.92 Å². The topological polar surface area (TPSA) is 84.9 Å². The van der Waals surface area contributed by atoms with Gasteiger partial charge in [0.15, 0.2) is 6.10 Å². The lowest BCUT2D eigenvalue weighted by Gasteiger charge is -2.35. The van der Waals surface area contributed by atoms with E-state index in [0.717, 1.165) is 5.56 Å². The van der Waals surface area contributed by atoms with Gasteiger partial charge in [0.05, 0.1) is 24.2 Å². The summed E-state index contributed by atoms with van der Waals surface area (Å²) in [5, 5.41) is 2.64. The Balaban J connectivity index is 1.68. The van der Waals surface area contributed by atoms with Crippen molar-refractivity contribution in [3.8, 4) is 11.5 Å². The number of methoxy groups -OCH3 is 1. The minimum absolute atomic E-state index is 0.0596. The third-order valence-corrected chi connectivity index (χ3v) is 6.83. The first-order valence-corrected chi connectivity index (χ1v) is 11.2. The van der Waals surface area contributed by atoms with E-state index in [9.17, 15) is 17.6 Å². The van der Waals surface area contributed by atoms with Crippen LogP contribution in [0.1, 0.15) is 5.56 Å². The van der Waals surface area contributed by atoms with Crippen molar-refractivity contribution in [2.45, 2.75) is 17.9 Å². The average Bonchev–Trinajstić information content (AvgIpc) is 2.79. The van der Waals surface area contributed by atoms with E-state index in [-0.39, 0.29) is 17.2 Å². The fourth-order valence-electron chi connectivity index (χ4n) is 3.36. The Labute approximate surface area is 185 Å². The van der Waals surface area contributed by atoms with Gasteiger partial charge in [-0.1, -0.05) is 6.07 Å². The van der Waals surface area contributed by atoms with Crippen molar-refractivity contribution in [3.63, 3.8) is 0 Å². The monoisotopic (exact) mass is 456 g/mol. The van der Waals surface area contributed by atoms with Gasteiger partial charge in [-0.3, -0.25) is 9.10 Å². The fourth-order valence-corrected chi connectivity index (χ4v) is 4.83. The van der Waals surface area contributed by atoms with Crippen molar-refractivity contribution in [1.82, 2.24) is 0 Å². The molecule has 7 nitrogen and oxygen atoms in total. The summed E-state index contributed by atoms with van der Waals surface area (Å²) in [5.74, 6) is -0.164. The predicted molar refractivity (Wildman–Crippen MR) is 118 cm³/mol. The Morgan fingerprint density at radius 1 is 1.09 bits per heavy atom. The first kappa shape index (κ1) is 21.6.